The van der Waals surface area contributed by atoms with E-state index in [2.05, 4.69) is 46.7 Å². The van der Waals surface area contributed by atoms with Gasteiger partial charge in [-0.25, -0.2) is 9.97 Å². The Morgan fingerprint density at radius 3 is 2.61 bits per heavy atom. The number of anilines is 1. The number of hydrogen-bond donors (Lipinski definition) is 2. The predicted molar refractivity (Wildman–Crippen MR) is 109 cm³/mol. The summed E-state index contributed by atoms with van der Waals surface area (Å²) in [5.74, 6) is 2.03. The second-order valence-corrected chi connectivity index (χ2v) is 8.07. The first-order chi connectivity index (χ1) is 13.7. The van der Waals surface area contributed by atoms with Crippen molar-refractivity contribution in [1.29, 1.82) is 0 Å². The van der Waals surface area contributed by atoms with E-state index in [-0.39, 0.29) is 5.41 Å². The van der Waals surface area contributed by atoms with Crippen molar-refractivity contribution in [3.05, 3.63) is 53.5 Å². The van der Waals surface area contributed by atoms with Gasteiger partial charge in [-0.05, 0) is 31.2 Å². The molecule has 2 aliphatic rings. The Kier molecular flexibility index (Phi) is 5.90. The lowest BCUT2D eigenvalue weighted by atomic mass is 9.74. The van der Waals surface area contributed by atoms with E-state index >= 15 is 0 Å². The molecule has 0 amide bonds. The molecule has 3 N–H and O–H groups in total. The summed E-state index contributed by atoms with van der Waals surface area (Å²) in [7, 11) is 1.68. The first-order valence-electron chi connectivity index (χ1n) is 10.2. The molecule has 28 heavy (non-hydrogen) atoms. The molecule has 0 atom stereocenters. The number of ether oxygens (including phenoxy) is 2. The van der Waals surface area contributed by atoms with Crippen molar-refractivity contribution >= 4 is 5.82 Å². The number of nitrogens with two attached hydrogens (primary N) is 1. The molecule has 2 heterocycles. The van der Waals surface area contributed by atoms with Crippen molar-refractivity contribution in [3.8, 4) is 0 Å². The second kappa shape index (κ2) is 8.55. The lowest BCUT2D eigenvalue weighted by molar-refractivity contribution is 0.0543. The topological polar surface area (TPSA) is 82.3 Å². The molecular weight excluding hydrogens is 352 g/mol. The summed E-state index contributed by atoms with van der Waals surface area (Å²) in [6.07, 6.45) is 4.00. The van der Waals surface area contributed by atoms with Crippen LogP contribution in [0.3, 0.4) is 0 Å². The molecule has 1 aliphatic heterocycles. The monoisotopic (exact) mass is 382 g/mol. The molecule has 1 aromatic carbocycles. The van der Waals surface area contributed by atoms with E-state index in [4.69, 9.17) is 20.2 Å². The molecule has 1 saturated heterocycles. The van der Waals surface area contributed by atoms with Gasteiger partial charge >= 0.3 is 0 Å². The minimum absolute atomic E-state index is 0.0604. The highest BCUT2D eigenvalue weighted by Gasteiger charge is 2.34. The number of benzene rings is 1. The van der Waals surface area contributed by atoms with E-state index in [1.165, 1.54) is 5.56 Å². The van der Waals surface area contributed by atoms with Crippen molar-refractivity contribution in [2.75, 3.05) is 32.2 Å². The minimum Gasteiger partial charge on any atom is -0.381 e. The van der Waals surface area contributed by atoms with Crippen molar-refractivity contribution in [1.82, 2.24) is 9.97 Å². The summed E-state index contributed by atoms with van der Waals surface area (Å²) in [4.78, 5) is 9.38. The molecule has 0 spiro atoms. The maximum Gasteiger partial charge on any atom is 0.156 e. The molecule has 2 fully saturated rings. The van der Waals surface area contributed by atoms with Crippen LogP contribution in [0.2, 0.25) is 0 Å². The number of methoxy groups -OCH3 is 1. The summed E-state index contributed by atoms with van der Waals surface area (Å²) in [6.45, 7) is 2.83. The van der Waals surface area contributed by atoms with Crippen LogP contribution >= 0.6 is 0 Å². The van der Waals surface area contributed by atoms with Crippen LogP contribution in [0.4, 0.5) is 5.82 Å². The van der Waals surface area contributed by atoms with Gasteiger partial charge in [0.15, 0.2) is 5.82 Å². The van der Waals surface area contributed by atoms with Crippen LogP contribution < -0.4 is 11.1 Å². The van der Waals surface area contributed by atoms with Crippen LogP contribution in [0.25, 0.3) is 0 Å². The van der Waals surface area contributed by atoms with Gasteiger partial charge in [-0.2, -0.15) is 0 Å². The first kappa shape index (κ1) is 19.3. The van der Waals surface area contributed by atoms with Crippen LogP contribution in [-0.4, -0.2) is 42.9 Å². The summed E-state index contributed by atoms with van der Waals surface area (Å²) in [6, 6.07) is 13.1. The van der Waals surface area contributed by atoms with Crippen molar-refractivity contribution < 1.29 is 9.47 Å². The molecular formula is C22H30N4O2. The van der Waals surface area contributed by atoms with E-state index in [1.807, 2.05) is 0 Å². The summed E-state index contributed by atoms with van der Waals surface area (Å²) in [5.41, 5.74) is 8.48. The third kappa shape index (κ3) is 4.19. The Morgan fingerprint density at radius 1 is 1.18 bits per heavy atom. The molecule has 0 unspecified atom stereocenters. The van der Waals surface area contributed by atoms with Gasteiger partial charge in [0.05, 0.1) is 0 Å². The fourth-order valence-electron chi connectivity index (χ4n) is 4.30. The SMILES string of the molecule is COCc1nc(NCC2(c3ccccc3)CCOCC2)cc(C2CC(N)C2)n1. The average Bonchev–Trinajstić information content (AvgIpc) is 2.71. The standard InChI is InChI=1S/C22H30N4O2/c1-27-14-21-25-19(16-11-18(23)12-16)13-20(26-21)24-15-22(7-9-28-10-8-22)17-5-3-2-4-6-17/h2-6,13,16,18H,7-12,14-15,23H2,1H3,(H,24,25,26). The Balaban J connectivity index is 1.55. The Hall–Kier alpha value is -2.02. The fourth-order valence-corrected chi connectivity index (χ4v) is 4.30. The van der Waals surface area contributed by atoms with E-state index < -0.39 is 0 Å². The highest BCUT2D eigenvalue weighted by molar-refractivity contribution is 5.40. The third-order valence-corrected chi connectivity index (χ3v) is 6.10. The minimum atomic E-state index is 0.0604. The van der Waals surface area contributed by atoms with E-state index in [1.54, 1.807) is 7.11 Å². The predicted octanol–water partition coefficient (Wildman–Crippen LogP) is 2.99. The van der Waals surface area contributed by atoms with Gasteiger partial charge in [0.25, 0.3) is 0 Å². The van der Waals surface area contributed by atoms with Crippen LogP contribution in [0.15, 0.2) is 36.4 Å². The van der Waals surface area contributed by atoms with Gasteiger partial charge in [-0.1, -0.05) is 30.3 Å². The summed E-state index contributed by atoms with van der Waals surface area (Å²) >= 11 is 0. The number of aromatic nitrogens is 2. The van der Waals surface area contributed by atoms with E-state index in [0.29, 0.717) is 18.6 Å². The maximum absolute atomic E-state index is 5.98. The van der Waals surface area contributed by atoms with Gasteiger partial charge in [-0.15, -0.1) is 0 Å². The summed E-state index contributed by atoms with van der Waals surface area (Å²) < 4.78 is 10.9. The molecule has 1 saturated carbocycles. The zero-order valence-electron chi connectivity index (χ0n) is 16.6. The molecule has 2 aromatic rings. The van der Waals surface area contributed by atoms with Gasteiger partial charge < -0.3 is 20.5 Å². The molecule has 1 aliphatic carbocycles. The largest absolute Gasteiger partial charge is 0.381 e. The quantitative estimate of drug-likeness (QED) is 0.766. The second-order valence-electron chi connectivity index (χ2n) is 8.07. The third-order valence-electron chi connectivity index (χ3n) is 6.10. The highest BCUT2D eigenvalue weighted by atomic mass is 16.5. The van der Waals surface area contributed by atoms with E-state index in [9.17, 15) is 0 Å². The number of rotatable bonds is 7. The van der Waals surface area contributed by atoms with Crippen molar-refractivity contribution in [3.63, 3.8) is 0 Å². The highest BCUT2D eigenvalue weighted by Crippen LogP contribution is 2.37. The lowest BCUT2D eigenvalue weighted by Gasteiger charge is -2.38. The molecule has 1 aromatic heterocycles. The Bertz CT molecular complexity index is 771. The van der Waals surface area contributed by atoms with Crippen molar-refractivity contribution in [2.24, 2.45) is 5.73 Å². The van der Waals surface area contributed by atoms with Gasteiger partial charge in [0, 0.05) is 56.0 Å². The molecule has 4 rings (SSSR count). The normalized spacial score (nSPS) is 23.8. The number of hydrogen-bond acceptors (Lipinski definition) is 6. The molecule has 150 valence electrons. The average molecular weight is 383 g/mol. The maximum atomic E-state index is 5.98. The van der Waals surface area contributed by atoms with Gasteiger partial charge in [0.1, 0.15) is 12.4 Å². The molecule has 6 nitrogen and oxygen atoms in total. The Labute approximate surface area is 166 Å². The smallest absolute Gasteiger partial charge is 0.156 e. The molecule has 0 radical (unpaired) electrons. The lowest BCUT2D eigenvalue weighted by Crippen LogP contribution is -2.40. The van der Waals surface area contributed by atoms with Gasteiger partial charge in [0.2, 0.25) is 0 Å². The van der Waals surface area contributed by atoms with Crippen LogP contribution in [0.1, 0.15) is 48.7 Å². The first-order valence-corrected chi connectivity index (χ1v) is 10.2. The summed E-state index contributed by atoms with van der Waals surface area (Å²) in [5, 5.41) is 3.61. The number of nitrogens with zero attached hydrogens (tertiary/aromatic N) is 2. The molecule has 0 bridgehead atoms. The van der Waals surface area contributed by atoms with Gasteiger partial charge in [-0.3, -0.25) is 0 Å². The van der Waals surface area contributed by atoms with Crippen LogP contribution in [-0.2, 0) is 21.5 Å². The van der Waals surface area contributed by atoms with Crippen LogP contribution in [0, 0.1) is 0 Å². The van der Waals surface area contributed by atoms with E-state index in [0.717, 1.165) is 62.8 Å². The zero-order chi connectivity index (χ0) is 19.4. The van der Waals surface area contributed by atoms with Crippen molar-refractivity contribution in [2.45, 2.75) is 49.7 Å². The molecule has 6 heteroatoms. The van der Waals surface area contributed by atoms with Crippen LogP contribution in [0.5, 0.6) is 0 Å². The zero-order valence-corrected chi connectivity index (χ0v) is 16.6. The number of nitrogens with one attached hydrogen (secondary N) is 1. The fraction of sp³-hybridized carbons (Fsp3) is 0.545. The Morgan fingerprint density at radius 2 is 1.93 bits per heavy atom.